The van der Waals surface area contributed by atoms with E-state index in [0.717, 1.165) is 5.56 Å². The first-order valence-corrected chi connectivity index (χ1v) is 6.76. The summed E-state index contributed by atoms with van der Waals surface area (Å²) in [6, 6.07) is 5.10. The number of benzene rings is 1. The lowest BCUT2D eigenvalue weighted by Crippen LogP contribution is -2.49. The van der Waals surface area contributed by atoms with E-state index in [2.05, 4.69) is 0 Å². The minimum Gasteiger partial charge on any atom is -0.504 e. The molecular formula is C15H23NO4. The highest BCUT2D eigenvalue weighted by Crippen LogP contribution is 2.28. The second-order valence-corrected chi connectivity index (χ2v) is 5.11. The average molecular weight is 281 g/mol. The van der Waals surface area contributed by atoms with Gasteiger partial charge < -0.3 is 14.9 Å². The van der Waals surface area contributed by atoms with Gasteiger partial charge in [0.25, 0.3) is 0 Å². The van der Waals surface area contributed by atoms with Gasteiger partial charge in [0, 0.05) is 6.54 Å². The maximum absolute atomic E-state index is 11.3. The summed E-state index contributed by atoms with van der Waals surface area (Å²) in [5.74, 6) is -0.339. The molecule has 5 nitrogen and oxygen atoms in total. The minimum absolute atomic E-state index is 0.0937. The van der Waals surface area contributed by atoms with E-state index in [1.807, 2.05) is 18.7 Å². The van der Waals surface area contributed by atoms with Crippen LogP contribution >= 0.6 is 0 Å². The molecule has 0 aromatic heterocycles. The summed E-state index contributed by atoms with van der Waals surface area (Å²) in [6.07, 6.45) is 0. The van der Waals surface area contributed by atoms with E-state index in [-0.39, 0.29) is 5.75 Å². The monoisotopic (exact) mass is 281 g/mol. The van der Waals surface area contributed by atoms with Crippen molar-refractivity contribution in [3.05, 3.63) is 23.8 Å². The Morgan fingerprint density at radius 1 is 1.35 bits per heavy atom. The van der Waals surface area contributed by atoms with Crippen molar-refractivity contribution >= 4 is 5.97 Å². The Balaban J connectivity index is 2.96. The number of rotatable bonds is 7. The number of hydrogen-bond acceptors (Lipinski definition) is 4. The first kappa shape index (κ1) is 16.3. The molecule has 0 fully saturated rings. The third-order valence-electron chi connectivity index (χ3n) is 3.39. The molecule has 1 aromatic rings. The Labute approximate surface area is 119 Å². The van der Waals surface area contributed by atoms with Gasteiger partial charge in [-0.2, -0.15) is 0 Å². The minimum atomic E-state index is -0.946. The number of aromatic hydroxyl groups is 1. The molecule has 0 spiro atoms. The number of nitrogens with zero attached hydrogens (tertiary/aromatic N) is 1. The molecule has 0 aliphatic rings. The van der Waals surface area contributed by atoms with E-state index in [1.165, 1.54) is 0 Å². The van der Waals surface area contributed by atoms with Gasteiger partial charge in [0.1, 0.15) is 5.54 Å². The summed E-state index contributed by atoms with van der Waals surface area (Å²) in [5, 5.41) is 19.0. The topological polar surface area (TPSA) is 70.0 Å². The van der Waals surface area contributed by atoms with E-state index < -0.39 is 11.5 Å². The van der Waals surface area contributed by atoms with Crippen molar-refractivity contribution in [2.24, 2.45) is 0 Å². The second-order valence-electron chi connectivity index (χ2n) is 5.11. The zero-order valence-electron chi connectivity index (χ0n) is 12.5. The molecule has 1 rings (SSSR count). The number of hydrogen-bond donors (Lipinski definition) is 2. The van der Waals surface area contributed by atoms with Crippen LogP contribution in [0.2, 0.25) is 0 Å². The Morgan fingerprint density at radius 3 is 2.50 bits per heavy atom. The van der Waals surface area contributed by atoms with E-state index in [0.29, 0.717) is 25.4 Å². The Morgan fingerprint density at radius 2 is 2.00 bits per heavy atom. The Bertz CT molecular complexity index is 471. The molecule has 2 N–H and O–H groups in total. The number of carboxylic acid groups (broad SMARTS) is 1. The lowest BCUT2D eigenvalue weighted by atomic mass is 10.0. The molecule has 112 valence electrons. The molecule has 0 saturated heterocycles. The summed E-state index contributed by atoms with van der Waals surface area (Å²) >= 11 is 0. The highest BCUT2D eigenvalue weighted by Gasteiger charge is 2.33. The van der Waals surface area contributed by atoms with Crippen molar-refractivity contribution in [3.63, 3.8) is 0 Å². The second kappa shape index (κ2) is 6.61. The van der Waals surface area contributed by atoms with Crippen molar-refractivity contribution in [2.45, 2.75) is 39.8 Å². The van der Waals surface area contributed by atoms with Crippen molar-refractivity contribution in [1.29, 1.82) is 0 Å². The largest absolute Gasteiger partial charge is 0.504 e. The maximum atomic E-state index is 11.3. The molecule has 0 bridgehead atoms. The predicted molar refractivity (Wildman–Crippen MR) is 77.1 cm³/mol. The highest BCUT2D eigenvalue weighted by atomic mass is 16.5. The van der Waals surface area contributed by atoms with Gasteiger partial charge in [-0.15, -0.1) is 0 Å². The lowest BCUT2D eigenvalue weighted by molar-refractivity contribution is -0.149. The van der Waals surface area contributed by atoms with Gasteiger partial charge in [0.05, 0.1) is 6.61 Å². The Hall–Kier alpha value is -1.75. The summed E-state index contributed by atoms with van der Waals surface area (Å²) in [6.45, 7) is 8.70. The van der Waals surface area contributed by atoms with Crippen LogP contribution in [0.15, 0.2) is 18.2 Å². The van der Waals surface area contributed by atoms with Crippen LogP contribution in [0.25, 0.3) is 0 Å². The Kier molecular flexibility index (Phi) is 5.39. The van der Waals surface area contributed by atoms with Crippen LogP contribution in [0.4, 0.5) is 0 Å². The van der Waals surface area contributed by atoms with Gasteiger partial charge in [0.2, 0.25) is 0 Å². The van der Waals surface area contributed by atoms with Gasteiger partial charge in [-0.05, 0) is 45.0 Å². The lowest BCUT2D eigenvalue weighted by Gasteiger charge is -2.34. The van der Waals surface area contributed by atoms with Crippen molar-refractivity contribution < 1.29 is 19.7 Å². The van der Waals surface area contributed by atoms with E-state index in [4.69, 9.17) is 4.74 Å². The number of carbonyl (C=O) groups is 1. The van der Waals surface area contributed by atoms with Crippen molar-refractivity contribution in [2.75, 3.05) is 13.2 Å². The van der Waals surface area contributed by atoms with Crippen LogP contribution < -0.4 is 4.74 Å². The number of phenolic OH excluding ortho intramolecular Hbond substituents is 1. The molecule has 1 aromatic carbocycles. The third kappa shape index (κ3) is 3.63. The van der Waals surface area contributed by atoms with E-state index >= 15 is 0 Å². The fraction of sp³-hybridized carbons (Fsp3) is 0.533. The fourth-order valence-electron chi connectivity index (χ4n) is 1.99. The van der Waals surface area contributed by atoms with Crippen LogP contribution in [0.5, 0.6) is 11.5 Å². The molecule has 0 amide bonds. The molecule has 0 radical (unpaired) electrons. The molecule has 20 heavy (non-hydrogen) atoms. The van der Waals surface area contributed by atoms with E-state index in [1.54, 1.807) is 32.0 Å². The molecule has 0 atom stereocenters. The van der Waals surface area contributed by atoms with Crippen LogP contribution in [0.3, 0.4) is 0 Å². The first-order chi connectivity index (χ1) is 9.32. The van der Waals surface area contributed by atoms with Gasteiger partial charge in [0.15, 0.2) is 11.5 Å². The van der Waals surface area contributed by atoms with E-state index in [9.17, 15) is 15.0 Å². The molecule has 0 aliphatic carbocycles. The number of ether oxygens (including phenoxy) is 1. The fourth-order valence-corrected chi connectivity index (χ4v) is 1.99. The highest BCUT2D eigenvalue weighted by molar-refractivity contribution is 5.77. The molecule has 0 aliphatic heterocycles. The quantitative estimate of drug-likeness (QED) is 0.803. The summed E-state index contributed by atoms with van der Waals surface area (Å²) in [7, 11) is 0. The molecule has 0 saturated carbocycles. The van der Waals surface area contributed by atoms with Crippen molar-refractivity contribution in [3.8, 4) is 11.5 Å². The van der Waals surface area contributed by atoms with Gasteiger partial charge >= 0.3 is 5.97 Å². The molecule has 0 heterocycles. The summed E-state index contributed by atoms with van der Waals surface area (Å²) in [5.41, 5.74) is -0.0410. The normalized spacial score (nSPS) is 11.7. The SMILES string of the molecule is CCOc1cc(CN(CC)C(C)(C)C(=O)O)ccc1O. The zero-order chi connectivity index (χ0) is 15.3. The van der Waals surface area contributed by atoms with Gasteiger partial charge in [-0.25, -0.2) is 0 Å². The molecule has 5 heteroatoms. The van der Waals surface area contributed by atoms with Crippen LogP contribution in [-0.4, -0.2) is 39.8 Å². The van der Waals surface area contributed by atoms with Gasteiger partial charge in [-0.3, -0.25) is 9.69 Å². The van der Waals surface area contributed by atoms with Crippen molar-refractivity contribution in [1.82, 2.24) is 4.90 Å². The predicted octanol–water partition coefficient (Wildman–Crippen LogP) is 2.48. The third-order valence-corrected chi connectivity index (χ3v) is 3.39. The standard InChI is InChI=1S/C15H23NO4/c1-5-16(15(3,4)14(18)19)10-11-7-8-12(17)13(9-11)20-6-2/h7-9,17H,5-6,10H2,1-4H3,(H,18,19). The number of carboxylic acids is 1. The van der Waals surface area contributed by atoms with Crippen LogP contribution in [0.1, 0.15) is 33.3 Å². The van der Waals surface area contributed by atoms with Crippen LogP contribution in [0, 0.1) is 0 Å². The zero-order valence-corrected chi connectivity index (χ0v) is 12.5. The first-order valence-electron chi connectivity index (χ1n) is 6.76. The molecular weight excluding hydrogens is 258 g/mol. The van der Waals surface area contributed by atoms with Gasteiger partial charge in [-0.1, -0.05) is 13.0 Å². The number of likely N-dealkylation sites (N-methyl/N-ethyl adjacent to an activating group) is 1. The summed E-state index contributed by atoms with van der Waals surface area (Å²) < 4.78 is 5.34. The smallest absolute Gasteiger partial charge is 0.323 e. The number of aliphatic carboxylic acids is 1. The maximum Gasteiger partial charge on any atom is 0.323 e. The number of phenols is 1. The average Bonchev–Trinajstić information content (AvgIpc) is 2.39. The van der Waals surface area contributed by atoms with Crippen LogP contribution in [-0.2, 0) is 11.3 Å². The summed E-state index contributed by atoms with van der Waals surface area (Å²) in [4.78, 5) is 13.2. The molecule has 0 unspecified atom stereocenters.